The molecule has 0 saturated carbocycles. The van der Waals surface area contributed by atoms with E-state index in [4.69, 9.17) is 9.47 Å². The molecule has 1 aliphatic rings. The SMILES string of the molecule is COc1cc(C2CC(=O)Nc3c2cnn3-c2ccc(F)cc2F)ccc1OC(C)C. The highest BCUT2D eigenvalue weighted by Gasteiger charge is 2.31. The smallest absolute Gasteiger partial charge is 0.226 e. The molecule has 0 spiro atoms. The largest absolute Gasteiger partial charge is 0.493 e. The lowest BCUT2D eigenvalue weighted by Gasteiger charge is -2.24. The lowest BCUT2D eigenvalue weighted by molar-refractivity contribution is -0.116. The van der Waals surface area contributed by atoms with Gasteiger partial charge in [0.2, 0.25) is 5.91 Å². The van der Waals surface area contributed by atoms with E-state index >= 15 is 0 Å². The van der Waals surface area contributed by atoms with E-state index in [1.54, 1.807) is 13.3 Å². The Bertz CT molecular complexity index is 1110. The Morgan fingerprint density at radius 1 is 1.17 bits per heavy atom. The number of ether oxygens (including phenoxy) is 2. The first kappa shape index (κ1) is 19.9. The number of hydrogen-bond acceptors (Lipinski definition) is 4. The Labute approximate surface area is 172 Å². The Morgan fingerprint density at radius 3 is 2.67 bits per heavy atom. The van der Waals surface area contributed by atoms with Gasteiger partial charge in [-0.25, -0.2) is 13.5 Å². The van der Waals surface area contributed by atoms with E-state index < -0.39 is 11.6 Å². The number of nitrogens with one attached hydrogen (secondary N) is 1. The van der Waals surface area contributed by atoms with Gasteiger partial charge in [0.1, 0.15) is 17.3 Å². The number of amides is 1. The highest BCUT2D eigenvalue weighted by atomic mass is 19.1. The predicted octanol–water partition coefficient (Wildman–Crippen LogP) is 4.42. The number of hydrogen-bond donors (Lipinski definition) is 1. The van der Waals surface area contributed by atoms with Gasteiger partial charge >= 0.3 is 0 Å². The molecule has 1 amide bonds. The van der Waals surface area contributed by atoms with E-state index in [9.17, 15) is 13.6 Å². The van der Waals surface area contributed by atoms with Crippen molar-refractivity contribution in [3.8, 4) is 17.2 Å². The van der Waals surface area contributed by atoms with E-state index in [1.807, 2.05) is 32.0 Å². The zero-order chi connectivity index (χ0) is 21.4. The molecule has 0 radical (unpaired) electrons. The van der Waals surface area contributed by atoms with E-state index in [1.165, 1.54) is 10.7 Å². The van der Waals surface area contributed by atoms with Crippen LogP contribution in [-0.2, 0) is 4.79 Å². The summed E-state index contributed by atoms with van der Waals surface area (Å²) in [5.41, 5.74) is 1.63. The van der Waals surface area contributed by atoms with Gasteiger partial charge in [-0.05, 0) is 43.7 Å². The maximum absolute atomic E-state index is 14.3. The van der Waals surface area contributed by atoms with Crippen molar-refractivity contribution in [3.63, 3.8) is 0 Å². The van der Waals surface area contributed by atoms with Crippen molar-refractivity contribution in [2.24, 2.45) is 0 Å². The molecule has 2 heterocycles. The van der Waals surface area contributed by atoms with Crippen LogP contribution in [0.15, 0.2) is 42.6 Å². The lowest BCUT2D eigenvalue weighted by atomic mass is 9.87. The summed E-state index contributed by atoms with van der Waals surface area (Å²) in [7, 11) is 1.56. The number of anilines is 1. The normalized spacial score (nSPS) is 15.7. The highest BCUT2D eigenvalue weighted by Crippen LogP contribution is 2.41. The van der Waals surface area contributed by atoms with Gasteiger partial charge in [0.05, 0.1) is 19.4 Å². The second-order valence-electron chi connectivity index (χ2n) is 7.34. The molecule has 1 aliphatic heterocycles. The van der Waals surface area contributed by atoms with Crippen LogP contribution >= 0.6 is 0 Å². The number of rotatable bonds is 5. The number of halogens is 2. The molecule has 8 heteroatoms. The number of nitrogens with zero attached hydrogens (tertiary/aromatic N) is 2. The maximum Gasteiger partial charge on any atom is 0.226 e. The quantitative estimate of drug-likeness (QED) is 0.673. The van der Waals surface area contributed by atoms with Crippen molar-refractivity contribution in [2.45, 2.75) is 32.3 Å². The van der Waals surface area contributed by atoms with Gasteiger partial charge < -0.3 is 14.8 Å². The van der Waals surface area contributed by atoms with Gasteiger partial charge in [-0.3, -0.25) is 4.79 Å². The fraction of sp³-hybridized carbons (Fsp3) is 0.273. The van der Waals surface area contributed by atoms with Crippen LogP contribution in [0.4, 0.5) is 14.6 Å². The van der Waals surface area contributed by atoms with E-state index in [2.05, 4.69) is 10.4 Å². The van der Waals surface area contributed by atoms with Crippen molar-refractivity contribution >= 4 is 11.7 Å². The Kier molecular flexibility index (Phi) is 5.15. The number of methoxy groups -OCH3 is 1. The van der Waals surface area contributed by atoms with Crippen molar-refractivity contribution in [3.05, 3.63) is 65.4 Å². The molecular weight excluding hydrogens is 392 g/mol. The average molecular weight is 413 g/mol. The number of fused-ring (bicyclic) bond motifs is 1. The number of benzene rings is 2. The molecule has 4 rings (SSSR count). The molecule has 30 heavy (non-hydrogen) atoms. The summed E-state index contributed by atoms with van der Waals surface area (Å²) >= 11 is 0. The van der Waals surface area contributed by atoms with Crippen LogP contribution in [-0.4, -0.2) is 28.9 Å². The Balaban J connectivity index is 1.77. The molecule has 0 fully saturated rings. The van der Waals surface area contributed by atoms with Crippen molar-refractivity contribution in [2.75, 3.05) is 12.4 Å². The average Bonchev–Trinajstić information content (AvgIpc) is 3.10. The van der Waals surface area contributed by atoms with Crippen LogP contribution in [0.2, 0.25) is 0 Å². The van der Waals surface area contributed by atoms with Crippen LogP contribution in [0, 0.1) is 11.6 Å². The summed E-state index contributed by atoms with van der Waals surface area (Å²) in [5, 5.41) is 7.01. The molecule has 3 aromatic rings. The van der Waals surface area contributed by atoms with Crippen LogP contribution in [0.1, 0.15) is 37.3 Å². The van der Waals surface area contributed by atoms with Gasteiger partial charge in [0.25, 0.3) is 0 Å². The van der Waals surface area contributed by atoms with E-state index in [0.717, 1.165) is 23.3 Å². The number of aromatic nitrogens is 2. The van der Waals surface area contributed by atoms with Gasteiger partial charge in [-0.1, -0.05) is 6.07 Å². The molecule has 2 aromatic carbocycles. The minimum Gasteiger partial charge on any atom is -0.493 e. The summed E-state index contributed by atoms with van der Waals surface area (Å²) in [6, 6.07) is 8.74. The van der Waals surface area contributed by atoms with E-state index in [-0.39, 0.29) is 30.0 Å². The van der Waals surface area contributed by atoms with Gasteiger partial charge in [-0.2, -0.15) is 5.10 Å². The molecule has 1 unspecified atom stereocenters. The third-order valence-electron chi connectivity index (χ3n) is 4.91. The van der Waals surface area contributed by atoms with Crippen LogP contribution < -0.4 is 14.8 Å². The summed E-state index contributed by atoms with van der Waals surface area (Å²) in [6.45, 7) is 3.85. The predicted molar refractivity (Wildman–Crippen MR) is 107 cm³/mol. The second kappa shape index (κ2) is 7.78. The van der Waals surface area contributed by atoms with Crippen LogP contribution in [0.5, 0.6) is 11.5 Å². The summed E-state index contributed by atoms with van der Waals surface area (Å²) in [5.74, 6) is -0.440. The van der Waals surface area contributed by atoms with Crippen LogP contribution in [0.3, 0.4) is 0 Å². The van der Waals surface area contributed by atoms with Gasteiger partial charge in [0.15, 0.2) is 17.3 Å². The number of carbonyl (C=O) groups excluding carboxylic acids is 1. The van der Waals surface area contributed by atoms with Crippen molar-refractivity contribution < 1.29 is 23.0 Å². The molecule has 0 aliphatic carbocycles. The molecule has 1 atom stereocenters. The lowest BCUT2D eigenvalue weighted by Crippen LogP contribution is -2.24. The molecule has 156 valence electrons. The highest BCUT2D eigenvalue weighted by molar-refractivity contribution is 5.94. The zero-order valence-electron chi connectivity index (χ0n) is 16.8. The maximum atomic E-state index is 14.3. The fourth-order valence-corrected chi connectivity index (χ4v) is 3.60. The first-order valence-corrected chi connectivity index (χ1v) is 9.55. The second-order valence-corrected chi connectivity index (χ2v) is 7.34. The first-order valence-electron chi connectivity index (χ1n) is 9.55. The van der Waals surface area contributed by atoms with Crippen molar-refractivity contribution in [1.29, 1.82) is 0 Å². The Morgan fingerprint density at radius 2 is 1.97 bits per heavy atom. The third-order valence-corrected chi connectivity index (χ3v) is 4.91. The minimum absolute atomic E-state index is 0.0133. The summed E-state index contributed by atoms with van der Waals surface area (Å²) in [4.78, 5) is 12.4. The third kappa shape index (κ3) is 3.60. The zero-order valence-corrected chi connectivity index (χ0v) is 16.8. The Hall–Kier alpha value is -3.42. The summed E-state index contributed by atoms with van der Waals surface area (Å²) in [6.07, 6.45) is 1.78. The topological polar surface area (TPSA) is 65.4 Å². The monoisotopic (exact) mass is 413 g/mol. The van der Waals surface area contributed by atoms with Crippen LogP contribution in [0.25, 0.3) is 5.69 Å². The van der Waals surface area contributed by atoms with E-state index in [0.29, 0.717) is 17.3 Å². The standard InChI is InChI=1S/C22H21F2N3O3/c1-12(2)30-19-7-4-13(8-20(19)29-3)15-10-21(28)26-22-16(15)11-25-27(22)18-6-5-14(23)9-17(18)24/h4-9,11-12,15H,10H2,1-3H3,(H,26,28). The number of carbonyl (C=O) groups is 1. The molecule has 0 bridgehead atoms. The molecule has 1 aromatic heterocycles. The molecule has 1 N–H and O–H groups in total. The first-order chi connectivity index (χ1) is 14.4. The molecule has 0 saturated heterocycles. The summed E-state index contributed by atoms with van der Waals surface area (Å²) < 4.78 is 40.1. The van der Waals surface area contributed by atoms with Crippen molar-refractivity contribution in [1.82, 2.24) is 9.78 Å². The fourth-order valence-electron chi connectivity index (χ4n) is 3.60. The van der Waals surface area contributed by atoms with Gasteiger partial charge in [0, 0.05) is 24.0 Å². The minimum atomic E-state index is -0.769. The molecule has 6 nitrogen and oxygen atoms in total. The molecular formula is C22H21F2N3O3. The van der Waals surface area contributed by atoms with Gasteiger partial charge in [-0.15, -0.1) is 0 Å².